The highest BCUT2D eigenvalue weighted by Gasteiger charge is 2.10. The summed E-state index contributed by atoms with van der Waals surface area (Å²) in [5.41, 5.74) is 8.18. The molecule has 0 aliphatic rings. The first-order valence-corrected chi connectivity index (χ1v) is 6.47. The number of aryl methyl sites for hydroxylation is 1. The van der Waals surface area contributed by atoms with Crippen LogP contribution in [0.15, 0.2) is 36.4 Å². The van der Waals surface area contributed by atoms with Crippen LogP contribution in [0, 0.1) is 6.92 Å². The molecule has 2 rings (SSSR count). The van der Waals surface area contributed by atoms with Gasteiger partial charge in [0.05, 0.1) is 17.1 Å². The second-order valence-electron chi connectivity index (χ2n) is 4.54. The summed E-state index contributed by atoms with van der Waals surface area (Å²) in [6, 6.07) is 10.1. The Kier molecular flexibility index (Phi) is 4.15. The summed E-state index contributed by atoms with van der Waals surface area (Å²) < 4.78 is 0. The Labute approximate surface area is 122 Å². The van der Waals surface area contributed by atoms with Crippen LogP contribution in [0.5, 0.6) is 5.75 Å². The fourth-order valence-electron chi connectivity index (χ4n) is 1.87. The molecule has 4 nitrogen and oxygen atoms in total. The number of carbonyl (C=O) groups is 1. The first-order chi connectivity index (χ1) is 9.47. The summed E-state index contributed by atoms with van der Waals surface area (Å²) in [5, 5.41) is 12.8. The molecule has 0 radical (unpaired) electrons. The van der Waals surface area contributed by atoms with Gasteiger partial charge in [-0.2, -0.15) is 0 Å². The number of nitrogens with two attached hydrogens (primary N) is 1. The molecule has 0 bridgehead atoms. The number of halogens is 1. The molecule has 104 valence electrons. The van der Waals surface area contributed by atoms with E-state index < -0.39 is 0 Å². The van der Waals surface area contributed by atoms with Gasteiger partial charge in [-0.3, -0.25) is 4.79 Å². The lowest BCUT2D eigenvalue weighted by molar-refractivity contribution is -0.115. The molecule has 0 saturated heterocycles. The van der Waals surface area contributed by atoms with Gasteiger partial charge in [0.1, 0.15) is 5.75 Å². The monoisotopic (exact) mass is 290 g/mol. The number of para-hydroxylation sites is 1. The highest BCUT2D eigenvalue weighted by atomic mass is 35.5. The minimum Gasteiger partial charge on any atom is -0.508 e. The zero-order valence-electron chi connectivity index (χ0n) is 11.0. The highest BCUT2D eigenvalue weighted by Crippen LogP contribution is 2.27. The molecule has 0 unspecified atom stereocenters. The van der Waals surface area contributed by atoms with Crippen molar-refractivity contribution in [2.24, 2.45) is 0 Å². The zero-order chi connectivity index (χ0) is 14.7. The molecule has 2 aromatic carbocycles. The number of rotatable bonds is 3. The molecule has 0 aliphatic carbocycles. The molecule has 4 N–H and O–H groups in total. The van der Waals surface area contributed by atoms with E-state index in [1.807, 2.05) is 6.92 Å². The van der Waals surface area contributed by atoms with Crippen LogP contribution in [-0.2, 0) is 11.2 Å². The smallest absolute Gasteiger partial charge is 0.228 e. The average Bonchev–Trinajstić information content (AvgIpc) is 2.39. The number of benzene rings is 2. The number of phenols is 1. The first kappa shape index (κ1) is 14.2. The van der Waals surface area contributed by atoms with Gasteiger partial charge in [-0.15, -0.1) is 0 Å². The van der Waals surface area contributed by atoms with E-state index in [-0.39, 0.29) is 18.1 Å². The molecule has 0 spiro atoms. The van der Waals surface area contributed by atoms with Crippen molar-refractivity contribution in [1.82, 2.24) is 0 Å². The third-order valence-corrected chi connectivity index (χ3v) is 3.29. The van der Waals surface area contributed by atoms with Crippen LogP contribution in [0.25, 0.3) is 0 Å². The third kappa shape index (κ3) is 3.22. The fraction of sp³-hybridized carbons (Fsp3) is 0.133. The fourth-order valence-corrected chi connectivity index (χ4v) is 2.03. The second-order valence-corrected chi connectivity index (χ2v) is 4.95. The van der Waals surface area contributed by atoms with Gasteiger partial charge < -0.3 is 16.2 Å². The molecule has 0 atom stereocenters. The molecule has 0 heterocycles. The Hall–Kier alpha value is -2.20. The van der Waals surface area contributed by atoms with E-state index in [0.717, 1.165) is 5.56 Å². The van der Waals surface area contributed by atoms with Crippen molar-refractivity contribution in [3.63, 3.8) is 0 Å². The molecule has 0 aliphatic heterocycles. The quantitative estimate of drug-likeness (QED) is 0.760. The normalized spacial score (nSPS) is 10.3. The largest absolute Gasteiger partial charge is 0.508 e. The maximum atomic E-state index is 12.0. The van der Waals surface area contributed by atoms with Gasteiger partial charge >= 0.3 is 0 Å². The van der Waals surface area contributed by atoms with Gasteiger partial charge in [0, 0.05) is 11.3 Å². The van der Waals surface area contributed by atoms with Crippen LogP contribution in [0.2, 0.25) is 5.02 Å². The number of hydrogen-bond donors (Lipinski definition) is 3. The van der Waals surface area contributed by atoms with Gasteiger partial charge in [0.2, 0.25) is 5.91 Å². The van der Waals surface area contributed by atoms with Crippen molar-refractivity contribution in [3.05, 3.63) is 52.5 Å². The van der Waals surface area contributed by atoms with E-state index >= 15 is 0 Å². The van der Waals surface area contributed by atoms with Crippen molar-refractivity contribution < 1.29 is 9.90 Å². The summed E-state index contributed by atoms with van der Waals surface area (Å²) in [6.45, 7) is 1.84. The summed E-state index contributed by atoms with van der Waals surface area (Å²) in [6.07, 6.45) is 0.0914. The van der Waals surface area contributed by atoms with Crippen LogP contribution in [0.1, 0.15) is 11.1 Å². The van der Waals surface area contributed by atoms with Crippen LogP contribution < -0.4 is 11.1 Å². The number of nitrogens with one attached hydrogen (secondary N) is 1. The van der Waals surface area contributed by atoms with Crippen molar-refractivity contribution in [1.29, 1.82) is 0 Å². The molecule has 2 aromatic rings. The van der Waals surface area contributed by atoms with E-state index in [2.05, 4.69) is 5.32 Å². The van der Waals surface area contributed by atoms with Crippen LogP contribution in [0.4, 0.5) is 11.4 Å². The van der Waals surface area contributed by atoms with Crippen molar-refractivity contribution in [2.45, 2.75) is 13.3 Å². The Morgan fingerprint density at radius 2 is 2.05 bits per heavy atom. The molecule has 5 heteroatoms. The zero-order valence-corrected chi connectivity index (χ0v) is 11.7. The predicted molar refractivity (Wildman–Crippen MR) is 81.0 cm³/mol. The predicted octanol–water partition coefficient (Wildman–Crippen LogP) is 3.12. The lowest BCUT2D eigenvalue weighted by Gasteiger charge is -2.11. The lowest BCUT2D eigenvalue weighted by atomic mass is 10.1. The van der Waals surface area contributed by atoms with Crippen LogP contribution in [0.3, 0.4) is 0 Å². The number of hydrogen-bond acceptors (Lipinski definition) is 3. The lowest BCUT2D eigenvalue weighted by Crippen LogP contribution is -2.15. The van der Waals surface area contributed by atoms with Crippen molar-refractivity contribution in [3.8, 4) is 5.75 Å². The third-order valence-electron chi connectivity index (χ3n) is 2.96. The summed E-state index contributed by atoms with van der Waals surface area (Å²) in [5.74, 6) is -0.120. The average molecular weight is 291 g/mol. The number of amides is 1. The molecule has 0 fully saturated rings. The van der Waals surface area contributed by atoms with E-state index in [1.165, 1.54) is 0 Å². The van der Waals surface area contributed by atoms with Crippen LogP contribution in [-0.4, -0.2) is 11.0 Å². The Morgan fingerprint density at radius 1 is 1.35 bits per heavy atom. The minimum absolute atomic E-state index is 0.0914. The Bertz CT molecular complexity index is 656. The first-order valence-electron chi connectivity index (χ1n) is 6.09. The number of carbonyl (C=O) groups excluding carboxylic acids is 1. The van der Waals surface area contributed by atoms with E-state index in [4.69, 9.17) is 17.3 Å². The van der Waals surface area contributed by atoms with Gasteiger partial charge in [0.25, 0.3) is 0 Å². The maximum absolute atomic E-state index is 12.0. The maximum Gasteiger partial charge on any atom is 0.228 e. The van der Waals surface area contributed by atoms with Gasteiger partial charge in [-0.1, -0.05) is 29.8 Å². The summed E-state index contributed by atoms with van der Waals surface area (Å²) in [4.78, 5) is 12.0. The standard InChI is InChI=1S/C15H15ClN2O2/c1-9-6-12(17)11(16)8-13(9)18-15(20)7-10-4-2-3-5-14(10)19/h2-6,8,19H,7,17H2,1H3,(H,18,20). The number of aromatic hydroxyl groups is 1. The molecule has 1 amide bonds. The van der Waals surface area contributed by atoms with E-state index in [1.54, 1.807) is 36.4 Å². The Morgan fingerprint density at radius 3 is 2.75 bits per heavy atom. The van der Waals surface area contributed by atoms with Crippen molar-refractivity contribution >= 4 is 28.9 Å². The van der Waals surface area contributed by atoms with Gasteiger partial charge in [-0.25, -0.2) is 0 Å². The molecule has 0 aromatic heterocycles. The molecular weight excluding hydrogens is 276 g/mol. The van der Waals surface area contributed by atoms with Gasteiger partial charge in [0.15, 0.2) is 0 Å². The van der Waals surface area contributed by atoms with E-state index in [0.29, 0.717) is 22.0 Å². The van der Waals surface area contributed by atoms with E-state index in [9.17, 15) is 9.90 Å². The topological polar surface area (TPSA) is 75.3 Å². The molecule has 20 heavy (non-hydrogen) atoms. The molecular formula is C15H15ClN2O2. The van der Waals surface area contributed by atoms with Gasteiger partial charge in [-0.05, 0) is 30.7 Å². The second kappa shape index (κ2) is 5.84. The minimum atomic E-state index is -0.226. The summed E-state index contributed by atoms with van der Waals surface area (Å²) >= 11 is 5.94. The molecule has 0 saturated carbocycles. The summed E-state index contributed by atoms with van der Waals surface area (Å²) in [7, 11) is 0. The number of phenolic OH excluding ortho intramolecular Hbond substituents is 1. The highest BCUT2D eigenvalue weighted by molar-refractivity contribution is 6.33. The number of nitrogen functional groups attached to an aromatic ring is 1. The van der Waals surface area contributed by atoms with Crippen molar-refractivity contribution in [2.75, 3.05) is 11.1 Å². The van der Waals surface area contributed by atoms with Crippen LogP contribution >= 0.6 is 11.6 Å². The number of anilines is 2. The SMILES string of the molecule is Cc1cc(N)c(Cl)cc1NC(=O)Cc1ccccc1O. The Balaban J connectivity index is 2.13.